The fraction of sp³-hybridized carbons (Fsp3) is 0.500. The molecule has 4 heteroatoms. The second kappa shape index (κ2) is 9.91. The van der Waals surface area contributed by atoms with E-state index >= 15 is 0 Å². The molecule has 1 N–H and O–H groups in total. The first kappa shape index (κ1) is 16.1. The average Bonchev–Trinajstić information content (AvgIpc) is 2.47. The van der Waals surface area contributed by atoms with Gasteiger partial charge in [0, 0.05) is 22.6 Å². The molecule has 0 saturated carbocycles. The van der Waals surface area contributed by atoms with Crippen LogP contribution in [0.5, 0.6) is 0 Å². The predicted octanol–water partition coefficient (Wildman–Crippen LogP) is 5.03. The van der Waals surface area contributed by atoms with Crippen LogP contribution in [0.15, 0.2) is 29.4 Å². The molecule has 0 aliphatic rings. The van der Waals surface area contributed by atoms with E-state index in [0.29, 0.717) is 11.3 Å². The summed E-state index contributed by atoms with van der Waals surface area (Å²) in [5.41, 5.74) is 9.47. The number of nitrogens with zero attached hydrogens (tertiary/aromatic N) is 3. The Morgan fingerprint density at radius 3 is 2.75 bits per heavy atom. The molecular formula is C16H21N3O. The van der Waals surface area contributed by atoms with E-state index in [9.17, 15) is 5.11 Å². The predicted molar refractivity (Wildman–Crippen MR) is 81.4 cm³/mol. The molecular weight excluding hydrogens is 250 g/mol. The molecule has 0 bridgehead atoms. The summed E-state index contributed by atoms with van der Waals surface area (Å²) in [6.45, 7) is 2.19. The van der Waals surface area contributed by atoms with Gasteiger partial charge < -0.3 is 5.11 Å². The van der Waals surface area contributed by atoms with Gasteiger partial charge in [-0.15, -0.1) is 5.92 Å². The molecule has 0 heterocycles. The standard InChI is InChI=1S/C16H21N3O/c1-2-3-4-5-6-7-8-13-16(20)14-11-9-10-12-15(14)18-19-17/h9-12,16,20H,2-7H2,1H3. The second-order valence-electron chi connectivity index (χ2n) is 4.64. The number of aliphatic hydroxyl groups is 1. The zero-order chi connectivity index (χ0) is 14.6. The highest BCUT2D eigenvalue weighted by Gasteiger charge is 2.07. The molecule has 0 saturated heterocycles. The van der Waals surface area contributed by atoms with Crippen molar-refractivity contribution in [2.45, 2.75) is 51.6 Å². The molecule has 0 spiro atoms. The van der Waals surface area contributed by atoms with E-state index in [1.165, 1.54) is 25.7 Å². The number of hydrogen-bond donors (Lipinski definition) is 1. The van der Waals surface area contributed by atoms with Crippen molar-refractivity contribution in [2.75, 3.05) is 0 Å². The Kier molecular flexibility index (Phi) is 7.98. The average molecular weight is 271 g/mol. The number of hydrogen-bond acceptors (Lipinski definition) is 2. The normalized spacial score (nSPS) is 11.1. The minimum absolute atomic E-state index is 0.430. The summed E-state index contributed by atoms with van der Waals surface area (Å²) in [7, 11) is 0. The monoisotopic (exact) mass is 271 g/mol. The summed E-state index contributed by atoms with van der Waals surface area (Å²) in [6.07, 6.45) is 5.92. The molecule has 1 atom stereocenters. The van der Waals surface area contributed by atoms with Gasteiger partial charge in [-0.1, -0.05) is 67.9 Å². The highest BCUT2D eigenvalue weighted by atomic mass is 16.3. The summed E-state index contributed by atoms with van der Waals surface area (Å²) in [6, 6.07) is 6.96. The Labute approximate surface area is 120 Å². The lowest BCUT2D eigenvalue weighted by molar-refractivity contribution is 0.239. The van der Waals surface area contributed by atoms with Crippen LogP contribution in [0.25, 0.3) is 10.4 Å². The Bertz CT molecular complexity index is 510. The van der Waals surface area contributed by atoms with Gasteiger partial charge in [0.05, 0.1) is 0 Å². The molecule has 1 rings (SSSR count). The molecule has 106 valence electrons. The smallest absolute Gasteiger partial charge is 0.140 e. The van der Waals surface area contributed by atoms with Gasteiger partial charge in [0.15, 0.2) is 0 Å². The summed E-state index contributed by atoms with van der Waals surface area (Å²) >= 11 is 0. The number of azide groups is 1. The van der Waals surface area contributed by atoms with Gasteiger partial charge in [-0.25, -0.2) is 0 Å². The minimum Gasteiger partial charge on any atom is -0.376 e. The molecule has 1 unspecified atom stereocenters. The molecule has 1 aromatic carbocycles. The molecule has 4 nitrogen and oxygen atoms in total. The van der Waals surface area contributed by atoms with Crippen LogP contribution in [0.2, 0.25) is 0 Å². The zero-order valence-corrected chi connectivity index (χ0v) is 11.9. The quantitative estimate of drug-likeness (QED) is 0.244. The van der Waals surface area contributed by atoms with Crippen molar-refractivity contribution in [3.8, 4) is 11.8 Å². The van der Waals surface area contributed by atoms with Crippen LogP contribution in [0.1, 0.15) is 57.1 Å². The van der Waals surface area contributed by atoms with E-state index in [0.717, 1.165) is 12.8 Å². The number of benzene rings is 1. The Hall–Kier alpha value is -1.95. The van der Waals surface area contributed by atoms with E-state index in [2.05, 4.69) is 28.8 Å². The van der Waals surface area contributed by atoms with E-state index in [1.54, 1.807) is 24.3 Å². The Morgan fingerprint density at radius 2 is 2.00 bits per heavy atom. The number of rotatable bonds is 7. The maximum Gasteiger partial charge on any atom is 0.140 e. The van der Waals surface area contributed by atoms with Crippen molar-refractivity contribution in [1.82, 2.24) is 0 Å². The van der Waals surface area contributed by atoms with Gasteiger partial charge in [-0.3, -0.25) is 0 Å². The van der Waals surface area contributed by atoms with Crippen LogP contribution >= 0.6 is 0 Å². The van der Waals surface area contributed by atoms with Crippen LogP contribution in [0.3, 0.4) is 0 Å². The zero-order valence-electron chi connectivity index (χ0n) is 11.9. The van der Waals surface area contributed by atoms with Crippen LogP contribution in [0.4, 0.5) is 5.69 Å². The lowest BCUT2D eigenvalue weighted by atomic mass is 10.1. The SMILES string of the molecule is CCCCCCCC#CC(O)c1ccccc1N=[N+]=[N-]. The van der Waals surface area contributed by atoms with Crippen LogP contribution in [0, 0.1) is 11.8 Å². The van der Waals surface area contributed by atoms with Crippen LogP contribution < -0.4 is 0 Å². The lowest BCUT2D eigenvalue weighted by Crippen LogP contribution is -1.93. The summed E-state index contributed by atoms with van der Waals surface area (Å²) < 4.78 is 0. The van der Waals surface area contributed by atoms with Gasteiger partial charge in [-0.05, 0) is 12.0 Å². The van der Waals surface area contributed by atoms with E-state index in [4.69, 9.17) is 5.53 Å². The summed E-state index contributed by atoms with van der Waals surface area (Å²) in [5, 5.41) is 13.6. The molecule has 0 amide bonds. The highest BCUT2D eigenvalue weighted by molar-refractivity contribution is 5.48. The van der Waals surface area contributed by atoms with E-state index in [1.807, 2.05) is 0 Å². The lowest BCUT2D eigenvalue weighted by Gasteiger charge is -2.06. The van der Waals surface area contributed by atoms with Crippen molar-refractivity contribution < 1.29 is 5.11 Å². The van der Waals surface area contributed by atoms with Gasteiger partial charge in [0.2, 0.25) is 0 Å². The summed E-state index contributed by atoms with van der Waals surface area (Å²) in [5.74, 6) is 5.81. The third-order valence-corrected chi connectivity index (χ3v) is 3.03. The Morgan fingerprint density at radius 1 is 1.25 bits per heavy atom. The molecule has 1 aromatic rings. The van der Waals surface area contributed by atoms with Crippen molar-refractivity contribution in [2.24, 2.45) is 5.11 Å². The number of unbranched alkanes of at least 4 members (excludes halogenated alkanes) is 5. The first-order valence-corrected chi connectivity index (χ1v) is 7.10. The Balaban J connectivity index is 2.51. The highest BCUT2D eigenvalue weighted by Crippen LogP contribution is 2.25. The third kappa shape index (κ3) is 5.79. The van der Waals surface area contributed by atoms with Crippen molar-refractivity contribution in [1.29, 1.82) is 0 Å². The van der Waals surface area contributed by atoms with Gasteiger partial charge in [-0.2, -0.15) is 0 Å². The van der Waals surface area contributed by atoms with E-state index < -0.39 is 6.10 Å². The first-order valence-electron chi connectivity index (χ1n) is 7.10. The molecule has 20 heavy (non-hydrogen) atoms. The van der Waals surface area contributed by atoms with Gasteiger partial charge in [0.25, 0.3) is 0 Å². The maximum atomic E-state index is 10.0. The fourth-order valence-corrected chi connectivity index (χ4v) is 1.92. The molecule has 0 aromatic heterocycles. The topological polar surface area (TPSA) is 69.0 Å². The fourth-order valence-electron chi connectivity index (χ4n) is 1.92. The largest absolute Gasteiger partial charge is 0.376 e. The van der Waals surface area contributed by atoms with Gasteiger partial charge in [0.1, 0.15) is 6.10 Å². The molecule has 0 aliphatic carbocycles. The van der Waals surface area contributed by atoms with Crippen molar-refractivity contribution in [3.05, 3.63) is 40.3 Å². The van der Waals surface area contributed by atoms with Crippen LogP contribution in [-0.4, -0.2) is 5.11 Å². The second-order valence-corrected chi connectivity index (χ2v) is 4.64. The minimum atomic E-state index is -0.896. The van der Waals surface area contributed by atoms with E-state index in [-0.39, 0.29) is 0 Å². The molecule has 0 aliphatic heterocycles. The van der Waals surface area contributed by atoms with Crippen molar-refractivity contribution >= 4 is 5.69 Å². The summed E-state index contributed by atoms with van der Waals surface area (Å²) in [4.78, 5) is 2.75. The van der Waals surface area contributed by atoms with Crippen LogP contribution in [-0.2, 0) is 0 Å². The molecule has 0 fully saturated rings. The van der Waals surface area contributed by atoms with Gasteiger partial charge >= 0.3 is 0 Å². The maximum absolute atomic E-state index is 10.0. The number of aliphatic hydroxyl groups excluding tert-OH is 1. The first-order chi connectivity index (χ1) is 9.79. The van der Waals surface area contributed by atoms with Crippen molar-refractivity contribution in [3.63, 3.8) is 0 Å². The third-order valence-electron chi connectivity index (χ3n) is 3.03. The molecule has 0 radical (unpaired) electrons.